The Morgan fingerprint density at radius 1 is 1.14 bits per heavy atom. The molecule has 0 fully saturated rings. The van der Waals surface area contributed by atoms with Gasteiger partial charge in [0.05, 0.1) is 0 Å². The molecule has 14 heavy (non-hydrogen) atoms. The number of hydrogen-bond acceptors (Lipinski definition) is 1. The van der Waals surface area contributed by atoms with Crippen molar-refractivity contribution in [2.24, 2.45) is 0 Å². The van der Waals surface area contributed by atoms with Crippen LogP contribution in [0.4, 0.5) is 0 Å². The molecule has 2 aromatic rings. The molecule has 0 atom stereocenters. The van der Waals surface area contributed by atoms with Gasteiger partial charge in [0.25, 0.3) is 0 Å². The zero-order chi connectivity index (χ0) is 9.97. The first kappa shape index (κ1) is 9.22. The third-order valence-corrected chi connectivity index (χ3v) is 2.50. The number of hydrogen-bond donors (Lipinski definition) is 1. The van der Waals surface area contributed by atoms with E-state index in [4.69, 9.17) is 0 Å². The molecule has 72 valence electrons. The van der Waals surface area contributed by atoms with Crippen molar-refractivity contribution in [3.05, 3.63) is 47.5 Å². The molecule has 0 aliphatic heterocycles. The molecular formula is C13H15N. The van der Waals surface area contributed by atoms with E-state index in [-0.39, 0.29) is 0 Å². The van der Waals surface area contributed by atoms with Crippen LogP contribution in [-0.2, 0) is 6.54 Å². The minimum atomic E-state index is 0.931. The molecule has 0 radical (unpaired) electrons. The molecular weight excluding hydrogens is 170 g/mol. The molecule has 1 N–H and O–H groups in total. The summed E-state index contributed by atoms with van der Waals surface area (Å²) in [4.78, 5) is 0. The summed E-state index contributed by atoms with van der Waals surface area (Å²) in [6.07, 6.45) is 0. The minimum Gasteiger partial charge on any atom is -0.316 e. The third-order valence-electron chi connectivity index (χ3n) is 2.50. The van der Waals surface area contributed by atoms with Gasteiger partial charge in [0.1, 0.15) is 0 Å². The average Bonchev–Trinajstić information content (AvgIpc) is 2.19. The van der Waals surface area contributed by atoms with Crippen molar-refractivity contribution in [1.29, 1.82) is 0 Å². The van der Waals surface area contributed by atoms with E-state index in [0.29, 0.717) is 0 Å². The lowest BCUT2D eigenvalue weighted by molar-refractivity contribution is 0.823. The van der Waals surface area contributed by atoms with Crippen molar-refractivity contribution in [3.63, 3.8) is 0 Å². The van der Waals surface area contributed by atoms with Crippen molar-refractivity contribution in [3.8, 4) is 0 Å². The van der Waals surface area contributed by atoms with Gasteiger partial charge in [0, 0.05) is 6.54 Å². The van der Waals surface area contributed by atoms with Crippen LogP contribution in [-0.4, -0.2) is 7.05 Å². The van der Waals surface area contributed by atoms with Crippen LogP contribution < -0.4 is 5.32 Å². The van der Waals surface area contributed by atoms with Crippen LogP contribution in [0.25, 0.3) is 10.8 Å². The fourth-order valence-electron chi connectivity index (χ4n) is 1.80. The SMILES string of the molecule is CNCc1cccc2ccc(C)cc12. The van der Waals surface area contributed by atoms with Gasteiger partial charge in [-0.2, -0.15) is 0 Å². The van der Waals surface area contributed by atoms with Gasteiger partial charge >= 0.3 is 0 Å². The Labute approximate surface area is 84.8 Å². The molecule has 0 heterocycles. The van der Waals surface area contributed by atoms with Gasteiger partial charge in [-0.25, -0.2) is 0 Å². The van der Waals surface area contributed by atoms with Gasteiger partial charge in [0.2, 0.25) is 0 Å². The van der Waals surface area contributed by atoms with E-state index in [1.165, 1.54) is 21.9 Å². The Bertz CT molecular complexity index is 446. The summed E-state index contributed by atoms with van der Waals surface area (Å²) in [5.41, 5.74) is 2.69. The molecule has 0 aromatic heterocycles. The van der Waals surface area contributed by atoms with Crippen LogP contribution in [0.3, 0.4) is 0 Å². The second kappa shape index (κ2) is 3.81. The van der Waals surface area contributed by atoms with E-state index in [1.807, 2.05) is 7.05 Å². The zero-order valence-electron chi connectivity index (χ0n) is 8.67. The number of nitrogens with one attached hydrogen (secondary N) is 1. The maximum Gasteiger partial charge on any atom is 0.0208 e. The van der Waals surface area contributed by atoms with Crippen molar-refractivity contribution >= 4 is 10.8 Å². The lowest BCUT2D eigenvalue weighted by Gasteiger charge is -2.06. The van der Waals surface area contributed by atoms with Crippen molar-refractivity contribution in [2.45, 2.75) is 13.5 Å². The summed E-state index contributed by atoms with van der Waals surface area (Å²) < 4.78 is 0. The lowest BCUT2D eigenvalue weighted by atomic mass is 10.0. The van der Waals surface area contributed by atoms with E-state index in [2.05, 4.69) is 48.6 Å². The Hall–Kier alpha value is -1.34. The number of benzene rings is 2. The molecule has 1 heteroatoms. The van der Waals surface area contributed by atoms with E-state index in [9.17, 15) is 0 Å². The summed E-state index contributed by atoms with van der Waals surface area (Å²) in [5, 5.41) is 5.88. The molecule has 0 bridgehead atoms. The largest absolute Gasteiger partial charge is 0.316 e. The predicted octanol–water partition coefficient (Wildman–Crippen LogP) is 2.87. The highest BCUT2D eigenvalue weighted by molar-refractivity contribution is 5.86. The quantitative estimate of drug-likeness (QED) is 0.758. The smallest absolute Gasteiger partial charge is 0.0208 e. The highest BCUT2D eigenvalue weighted by Crippen LogP contribution is 2.19. The van der Waals surface area contributed by atoms with Gasteiger partial charge in [-0.1, -0.05) is 42.0 Å². The van der Waals surface area contributed by atoms with Crippen LogP contribution in [0.2, 0.25) is 0 Å². The molecule has 1 nitrogen and oxygen atoms in total. The minimum absolute atomic E-state index is 0.931. The van der Waals surface area contributed by atoms with Gasteiger partial charge in [-0.05, 0) is 30.3 Å². The molecule has 0 saturated heterocycles. The first-order valence-corrected chi connectivity index (χ1v) is 4.94. The fourth-order valence-corrected chi connectivity index (χ4v) is 1.80. The van der Waals surface area contributed by atoms with Gasteiger partial charge in [-0.15, -0.1) is 0 Å². The van der Waals surface area contributed by atoms with Gasteiger partial charge < -0.3 is 5.32 Å². The highest BCUT2D eigenvalue weighted by atomic mass is 14.8. The second-order valence-electron chi connectivity index (χ2n) is 3.67. The van der Waals surface area contributed by atoms with Crippen molar-refractivity contribution in [1.82, 2.24) is 5.32 Å². The van der Waals surface area contributed by atoms with Crippen molar-refractivity contribution < 1.29 is 0 Å². The van der Waals surface area contributed by atoms with E-state index >= 15 is 0 Å². The predicted molar refractivity (Wildman–Crippen MR) is 61.4 cm³/mol. The topological polar surface area (TPSA) is 12.0 Å². The molecule has 2 aromatic carbocycles. The number of fused-ring (bicyclic) bond motifs is 1. The van der Waals surface area contributed by atoms with E-state index < -0.39 is 0 Å². The monoisotopic (exact) mass is 185 g/mol. The maximum atomic E-state index is 3.20. The molecule has 0 unspecified atom stereocenters. The van der Waals surface area contributed by atoms with Crippen LogP contribution in [0, 0.1) is 6.92 Å². The fraction of sp³-hybridized carbons (Fsp3) is 0.231. The Morgan fingerprint density at radius 2 is 2.00 bits per heavy atom. The summed E-state index contributed by atoms with van der Waals surface area (Å²) in [6.45, 7) is 3.07. The molecule has 0 saturated carbocycles. The second-order valence-corrected chi connectivity index (χ2v) is 3.67. The summed E-state index contributed by atoms with van der Waals surface area (Å²) in [6, 6.07) is 13.0. The van der Waals surface area contributed by atoms with Crippen LogP contribution >= 0.6 is 0 Å². The van der Waals surface area contributed by atoms with E-state index in [0.717, 1.165) is 6.54 Å². The highest BCUT2D eigenvalue weighted by Gasteiger charge is 1.99. The van der Waals surface area contributed by atoms with Crippen LogP contribution in [0.15, 0.2) is 36.4 Å². The Kier molecular flexibility index (Phi) is 2.51. The molecule has 0 aliphatic carbocycles. The Morgan fingerprint density at radius 3 is 2.79 bits per heavy atom. The van der Waals surface area contributed by atoms with Crippen molar-refractivity contribution in [2.75, 3.05) is 7.05 Å². The molecule has 0 aliphatic rings. The normalized spacial score (nSPS) is 10.7. The zero-order valence-corrected chi connectivity index (χ0v) is 8.67. The maximum absolute atomic E-state index is 3.20. The summed E-state index contributed by atoms with van der Waals surface area (Å²) >= 11 is 0. The average molecular weight is 185 g/mol. The van der Waals surface area contributed by atoms with E-state index in [1.54, 1.807) is 0 Å². The summed E-state index contributed by atoms with van der Waals surface area (Å²) in [7, 11) is 1.98. The Balaban J connectivity index is 2.64. The first-order chi connectivity index (χ1) is 6.81. The van der Waals surface area contributed by atoms with Crippen LogP contribution in [0.5, 0.6) is 0 Å². The number of rotatable bonds is 2. The summed E-state index contributed by atoms with van der Waals surface area (Å²) in [5.74, 6) is 0. The molecule has 0 amide bonds. The van der Waals surface area contributed by atoms with Gasteiger partial charge in [-0.3, -0.25) is 0 Å². The third kappa shape index (κ3) is 1.64. The number of aryl methyl sites for hydroxylation is 1. The lowest BCUT2D eigenvalue weighted by Crippen LogP contribution is -2.05. The first-order valence-electron chi connectivity index (χ1n) is 4.94. The van der Waals surface area contributed by atoms with Crippen LogP contribution in [0.1, 0.15) is 11.1 Å². The molecule has 2 rings (SSSR count). The van der Waals surface area contributed by atoms with Gasteiger partial charge in [0.15, 0.2) is 0 Å². The standard InChI is InChI=1S/C13H15N/c1-10-6-7-11-4-3-5-12(9-14-2)13(11)8-10/h3-8,14H,9H2,1-2H3. The molecule has 0 spiro atoms.